The Morgan fingerprint density at radius 3 is 0.925 bits per heavy atom. The van der Waals surface area contributed by atoms with E-state index in [2.05, 4.69) is 42.3 Å². The Morgan fingerprint density at radius 2 is 0.675 bits per heavy atom. The molecule has 4 aromatic rings. The molecule has 0 unspecified atom stereocenters. The lowest BCUT2D eigenvalue weighted by molar-refractivity contribution is -0.884. The molecule has 0 N–H and O–H groups in total. The first-order chi connectivity index (χ1) is 17.9. The number of carbonyl (C=O) groups excluding carboxylic acids is 2. The van der Waals surface area contributed by atoms with Crippen molar-refractivity contribution in [3.8, 4) is 0 Å². The zero-order chi connectivity index (χ0) is 27.8. The van der Waals surface area contributed by atoms with Gasteiger partial charge in [-0.2, -0.15) is 0 Å². The molecule has 0 fully saturated rings. The molecule has 0 saturated heterocycles. The summed E-state index contributed by atoms with van der Waals surface area (Å²) in [6.07, 6.45) is 0. The van der Waals surface area contributed by atoms with Crippen molar-refractivity contribution in [3.05, 3.63) is 143 Å². The van der Waals surface area contributed by atoms with Gasteiger partial charge in [-0.1, -0.05) is 109 Å². The molecular formula is C34H40Cl2N2O2. The molecule has 4 nitrogen and oxygen atoms in total. The van der Waals surface area contributed by atoms with Crippen LogP contribution < -0.4 is 24.8 Å². The highest BCUT2D eigenvalue weighted by atomic mass is 35.5. The van der Waals surface area contributed by atoms with Crippen LogP contribution in [0.3, 0.4) is 0 Å². The summed E-state index contributed by atoms with van der Waals surface area (Å²) in [6.45, 7) is 1.92. The number of hydrogen-bond acceptors (Lipinski definition) is 2. The summed E-state index contributed by atoms with van der Waals surface area (Å²) in [4.78, 5) is 24.5. The van der Waals surface area contributed by atoms with Crippen molar-refractivity contribution >= 4 is 11.6 Å². The second kappa shape index (κ2) is 15.5. The number of benzene rings is 4. The molecule has 0 aliphatic rings. The van der Waals surface area contributed by atoms with E-state index >= 15 is 0 Å². The number of rotatable bonds is 8. The molecule has 0 heterocycles. The van der Waals surface area contributed by atoms with Crippen LogP contribution in [0.1, 0.15) is 43.0 Å². The van der Waals surface area contributed by atoms with Crippen molar-refractivity contribution in [3.63, 3.8) is 0 Å². The maximum absolute atomic E-state index is 12.2. The lowest BCUT2D eigenvalue weighted by Crippen LogP contribution is -3.00. The Labute approximate surface area is 252 Å². The van der Waals surface area contributed by atoms with Gasteiger partial charge in [-0.25, -0.2) is 0 Å². The predicted octanol–water partition coefficient (Wildman–Crippen LogP) is 0.256. The zero-order valence-corrected chi connectivity index (χ0v) is 25.8. The molecule has 4 rings (SSSR count). The van der Waals surface area contributed by atoms with Crippen LogP contribution in [0, 0.1) is 0 Å². The Kier molecular flexibility index (Phi) is 13.5. The van der Waals surface area contributed by atoms with Gasteiger partial charge in [0, 0.05) is 33.4 Å². The van der Waals surface area contributed by atoms with E-state index in [0.29, 0.717) is 0 Å². The molecule has 4 aromatic carbocycles. The number of nitrogens with zero attached hydrogens (tertiary/aromatic N) is 2. The lowest BCUT2D eigenvalue weighted by Gasteiger charge is -2.23. The number of halogens is 2. The fourth-order valence-corrected chi connectivity index (χ4v) is 4.13. The predicted molar refractivity (Wildman–Crippen MR) is 156 cm³/mol. The summed E-state index contributed by atoms with van der Waals surface area (Å²) in [6, 6.07) is 34.6. The van der Waals surface area contributed by atoms with Crippen LogP contribution >= 0.6 is 0 Å². The van der Waals surface area contributed by atoms with Crippen LogP contribution in [-0.4, -0.2) is 62.8 Å². The van der Waals surface area contributed by atoms with Crippen LogP contribution in [0.5, 0.6) is 0 Å². The molecule has 0 amide bonds. The van der Waals surface area contributed by atoms with E-state index in [1.54, 1.807) is 0 Å². The number of carbonyl (C=O) groups is 2. The van der Waals surface area contributed by atoms with Crippen LogP contribution in [-0.2, 0) is 13.1 Å². The third-order valence-corrected chi connectivity index (χ3v) is 5.82. The number of quaternary nitrogens is 2. The lowest BCUT2D eigenvalue weighted by atomic mass is 10.0. The van der Waals surface area contributed by atoms with Crippen molar-refractivity contribution < 1.29 is 43.4 Å². The molecule has 0 aromatic heterocycles. The third-order valence-electron chi connectivity index (χ3n) is 5.82. The van der Waals surface area contributed by atoms with E-state index < -0.39 is 0 Å². The van der Waals surface area contributed by atoms with E-state index in [4.69, 9.17) is 0 Å². The minimum atomic E-state index is 0. The average molecular weight is 580 g/mol. The molecule has 0 radical (unpaired) electrons. The monoisotopic (exact) mass is 578 g/mol. The van der Waals surface area contributed by atoms with Gasteiger partial charge in [0.2, 0.25) is 0 Å². The zero-order valence-electron chi connectivity index (χ0n) is 24.3. The van der Waals surface area contributed by atoms with Gasteiger partial charge in [-0.15, -0.1) is 0 Å². The molecular weight excluding hydrogens is 539 g/mol. The SMILES string of the molecule is C[N+](C)(C)Cc1ccc(C(=O)c2ccccc2)cc1.C[N+](C)(C)Cc1ccc(C(=O)c2ccccc2)cc1.[Cl-].[Cl-]. The van der Waals surface area contributed by atoms with Gasteiger partial charge in [-0.3, -0.25) is 9.59 Å². The van der Waals surface area contributed by atoms with Crippen molar-refractivity contribution in [1.82, 2.24) is 0 Å². The Balaban J connectivity index is 0.000000381. The van der Waals surface area contributed by atoms with Gasteiger partial charge >= 0.3 is 0 Å². The molecule has 0 aliphatic carbocycles. The van der Waals surface area contributed by atoms with Crippen molar-refractivity contribution in [2.24, 2.45) is 0 Å². The third kappa shape index (κ3) is 11.4. The van der Waals surface area contributed by atoms with E-state index in [9.17, 15) is 9.59 Å². The largest absolute Gasteiger partial charge is 1.00 e. The highest BCUT2D eigenvalue weighted by Gasteiger charge is 2.12. The van der Waals surface area contributed by atoms with E-state index in [1.165, 1.54) is 11.1 Å². The second-order valence-electron chi connectivity index (χ2n) is 11.7. The average Bonchev–Trinajstić information content (AvgIpc) is 2.88. The van der Waals surface area contributed by atoms with Gasteiger partial charge in [0.25, 0.3) is 0 Å². The summed E-state index contributed by atoms with van der Waals surface area (Å²) in [5.41, 5.74) is 5.46. The highest BCUT2D eigenvalue weighted by Crippen LogP contribution is 2.14. The standard InChI is InChI=1S/2C17H20NO.2ClH/c2*1-18(2,3)13-14-9-11-16(12-10-14)17(19)15-7-5-4-6-8-15;;/h2*4-12H,13H2,1-3H3;2*1H/q2*+1;;/p-2. The van der Waals surface area contributed by atoms with E-state index in [-0.39, 0.29) is 36.4 Å². The Morgan fingerprint density at radius 1 is 0.425 bits per heavy atom. The van der Waals surface area contributed by atoms with Gasteiger partial charge in [0.15, 0.2) is 11.6 Å². The van der Waals surface area contributed by atoms with E-state index in [0.717, 1.165) is 44.3 Å². The van der Waals surface area contributed by atoms with Crippen LogP contribution in [0.25, 0.3) is 0 Å². The number of hydrogen-bond donors (Lipinski definition) is 0. The molecule has 0 aliphatic heterocycles. The maximum Gasteiger partial charge on any atom is 0.193 e. The summed E-state index contributed by atoms with van der Waals surface area (Å²) < 4.78 is 1.76. The molecule has 212 valence electrons. The summed E-state index contributed by atoms with van der Waals surface area (Å²) in [7, 11) is 12.9. The van der Waals surface area contributed by atoms with E-state index in [1.807, 2.05) is 109 Å². The van der Waals surface area contributed by atoms with Gasteiger partial charge in [-0.05, 0) is 0 Å². The molecule has 0 saturated carbocycles. The highest BCUT2D eigenvalue weighted by molar-refractivity contribution is 6.09. The summed E-state index contributed by atoms with van der Waals surface area (Å²) in [5, 5.41) is 0. The van der Waals surface area contributed by atoms with Gasteiger partial charge in [0.1, 0.15) is 13.1 Å². The topological polar surface area (TPSA) is 34.1 Å². The Bertz CT molecular complexity index is 1220. The summed E-state index contributed by atoms with van der Waals surface area (Å²) >= 11 is 0. The minimum absolute atomic E-state index is 0. The minimum Gasteiger partial charge on any atom is -1.00 e. The van der Waals surface area contributed by atoms with Crippen LogP contribution in [0.4, 0.5) is 0 Å². The molecule has 0 bridgehead atoms. The smallest absolute Gasteiger partial charge is 0.193 e. The first-order valence-electron chi connectivity index (χ1n) is 12.9. The maximum atomic E-state index is 12.2. The van der Waals surface area contributed by atoms with Crippen molar-refractivity contribution in [1.29, 1.82) is 0 Å². The fourth-order valence-electron chi connectivity index (χ4n) is 4.13. The normalized spacial score (nSPS) is 10.8. The summed E-state index contributed by atoms with van der Waals surface area (Å²) in [5.74, 6) is 0.162. The first kappa shape index (κ1) is 34.7. The molecule has 0 atom stereocenters. The molecule has 0 spiro atoms. The Hall–Kier alpha value is -3.28. The van der Waals surface area contributed by atoms with Gasteiger partial charge < -0.3 is 33.8 Å². The first-order valence-corrected chi connectivity index (χ1v) is 12.9. The quantitative estimate of drug-likeness (QED) is 0.222. The van der Waals surface area contributed by atoms with Crippen LogP contribution in [0.15, 0.2) is 109 Å². The second-order valence-corrected chi connectivity index (χ2v) is 11.7. The van der Waals surface area contributed by atoms with Crippen molar-refractivity contribution in [2.45, 2.75) is 13.1 Å². The van der Waals surface area contributed by atoms with Crippen LogP contribution in [0.2, 0.25) is 0 Å². The molecule has 6 heteroatoms. The fraction of sp³-hybridized carbons (Fsp3) is 0.235. The van der Waals surface area contributed by atoms with Gasteiger partial charge in [0.05, 0.1) is 42.3 Å². The molecule has 40 heavy (non-hydrogen) atoms. The number of ketones is 2. The van der Waals surface area contributed by atoms with Crippen molar-refractivity contribution in [2.75, 3.05) is 42.3 Å².